The fourth-order valence-corrected chi connectivity index (χ4v) is 5.09. The van der Waals surface area contributed by atoms with E-state index in [9.17, 15) is 4.79 Å². The van der Waals surface area contributed by atoms with Gasteiger partial charge in [0.25, 0.3) is 5.56 Å². The van der Waals surface area contributed by atoms with Crippen LogP contribution < -0.4 is 26.2 Å². The maximum absolute atomic E-state index is 13.9. The minimum absolute atomic E-state index is 0.268. The number of aliphatic imine (C=N–C) groups is 2. The summed E-state index contributed by atoms with van der Waals surface area (Å²) in [5.41, 5.74) is 11.1. The number of hydrogen-bond donors (Lipinski definition) is 2. The number of aryl methyl sites for hydroxylation is 1. The number of hydrogen-bond acceptors (Lipinski definition) is 9. The fraction of sp³-hybridized carbons (Fsp3) is 0.229. The number of carbonyl (C=O) groups is 1. The molecule has 0 spiro atoms. The lowest BCUT2D eigenvalue weighted by molar-refractivity contribution is -0.104. The zero-order valence-electron chi connectivity index (χ0n) is 26.7. The number of anilines is 2. The number of ether oxygens (including phenoxy) is 1. The molecule has 0 unspecified atom stereocenters. The number of allylic oxidation sites excluding steroid dienone is 1. The van der Waals surface area contributed by atoms with Crippen LogP contribution in [-0.4, -0.2) is 80.7 Å². The molecule has 5 rings (SSSR count). The lowest BCUT2D eigenvalue weighted by Crippen LogP contribution is -2.44. The van der Waals surface area contributed by atoms with Gasteiger partial charge in [0.2, 0.25) is 0 Å². The maximum Gasteiger partial charge on any atom is 0.283 e. The molecule has 2 heterocycles. The zero-order chi connectivity index (χ0) is 33.1. The third-order valence-corrected chi connectivity index (χ3v) is 7.48. The molecule has 0 bridgehead atoms. The largest absolute Gasteiger partial charge is 0.494 e. The minimum Gasteiger partial charge on any atom is -0.494 e. The predicted octanol–water partition coefficient (Wildman–Crippen LogP) is 4.75. The number of likely N-dealkylation sites (N-methyl/N-ethyl adjacent to an activating group) is 1. The van der Waals surface area contributed by atoms with Crippen LogP contribution in [0.5, 0.6) is 5.75 Å². The van der Waals surface area contributed by atoms with Gasteiger partial charge >= 0.3 is 0 Å². The van der Waals surface area contributed by atoms with Gasteiger partial charge in [-0.2, -0.15) is 0 Å². The number of nitrogens with zero attached hydrogens (tertiary/aromatic N) is 6. The Morgan fingerprint density at radius 3 is 2.37 bits per heavy atom. The van der Waals surface area contributed by atoms with Gasteiger partial charge in [0.15, 0.2) is 5.82 Å². The third-order valence-electron chi connectivity index (χ3n) is 7.48. The van der Waals surface area contributed by atoms with Crippen molar-refractivity contribution in [1.29, 1.82) is 0 Å². The van der Waals surface area contributed by atoms with Crippen LogP contribution in [0.25, 0.3) is 16.9 Å². The van der Waals surface area contributed by atoms with Crippen molar-refractivity contribution >= 4 is 41.7 Å². The smallest absolute Gasteiger partial charge is 0.283 e. The second kappa shape index (κ2) is 16.0. The van der Waals surface area contributed by atoms with Gasteiger partial charge in [-0.3, -0.25) is 19.1 Å². The summed E-state index contributed by atoms with van der Waals surface area (Å²) in [6, 6.07) is 20.9. The Kier molecular flexibility index (Phi) is 11.6. The second-order valence-electron chi connectivity index (χ2n) is 10.5. The maximum atomic E-state index is 13.9. The van der Waals surface area contributed by atoms with Gasteiger partial charge in [0, 0.05) is 56.2 Å². The van der Waals surface area contributed by atoms with Gasteiger partial charge in [-0.05, 0) is 49.9 Å². The number of rotatable bonds is 9. The topological polar surface area (TPSA) is 130 Å². The van der Waals surface area contributed by atoms with E-state index in [0.717, 1.165) is 49.5 Å². The summed E-state index contributed by atoms with van der Waals surface area (Å²) < 4.78 is 7.28. The number of aromatic nitrogens is 2. The van der Waals surface area contributed by atoms with Crippen LogP contribution in [0.4, 0.5) is 22.9 Å². The SMILES string of the molecule is C=CC=O.CNc1cccc(-n2c(/N=C/N)c(C=Nc3cc(C)c(N4CCN(C)CC4)cc3OC)nc(-c3ccccc3)c2=O)c1. The predicted molar refractivity (Wildman–Crippen MR) is 188 cm³/mol. The first-order chi connectivity index (χ1) is 22.3. The summed E-state index contributed by atoms with van der Waals surface area (Å²) in [7, 11) is 5.61. The molecule has 0 aliphatic carbocycles. The summed E-state index contributed by atoms with van der Waals surface area (Å²) in [4.78, 5) is 41.6. The number of benzene rings is 3. The Labute approximate surface area is 269 Å². The molecule has 1 saturated heterocycles. The lowest BCUT2D eigenvalue weighted by Gasteiger charge is -2.35. The number of methoxy groups -OCH3 is 1. The second-order valence-corrected chi connectivity index (χ2v) is 10.5. The summed E-state index contributed by atoms with van der Waals surface area (Å²) in [6.07, 6.45) is 4.60. The molecule has 0 amide bonds. The zero-order valence-corrected chi connectivity index (χ0v) is 26.7. The number of nitrogens with one attached hydrogen (secondary N) is 1. The van der Waals surface area contributed by atoms with Crippen molar-refractivity contribution in [3.05, 3.63) is 101 Å². The van der Waals surface area contributed by atoms with Gasteiger partial charge in [0.05, 0.1) is 25.4 Å². The molecule has 1 aliphatic heterocycles. The van der Waals surface area contributed by atoms with E-state index in [2.05, 4.69) is 40.7 Å². The number of nitrogens with two attached hydrogens (primary N) is 1. The summed E-state index contributed by atoms with van der Waals surface area (Å²) in [5, 5.41) is 3.12. The molecule has 46 heavy (non-hydrogen) atoms. The van der Waals surface area contributed by atoms with E-state index < -0.39 is 0 Å². The summed E-state index contributed by atoms with van der Waals surface area (Å²) >= 11 is 0. The van der Waals surface area contributed by atoms with Crippen molar-refractivity contribution in [2.24, 2.45) is 15.7 Å². The first-order valence-electron chi connectivity index (χ1n) is 14.8. The van der Waals surface area contributed by atoms with Crippen LogP contribution in [-0.2, 0) is 4.79 Å². The monoisotopic (exact) mass is 620 g/mol. The van der Waals surface area contributed by atoms with Gasteiger partial charge in [-0.1, -0.05) is 43.0 Å². The number of aldehydes is 1. The Hall–Kier alpha value is -5.55. The Morgan fingerprint density at radius 1 is 1.02 bits per heavy atom. The van der Waals surface area contributed by atoms with E-state index in [0.29, 0.717) is 34.7 Å². The Bertz CT molecular complexity index is 1770. The first kappa shape index (κ1) is 33.3. The number of piperazine rings is 1. The van der Waals surface area contributed by atoms with Crippen LogP contribution in [0.1, 0.15) is 11.3 Å². The van der Waals surface area contributed by atoms with E-state index in [1.54, 1.807) is 13.3 Å². The Balaban J connectivity index is 0.00000113. The third kappa shape index (κ3) is 7.74. The lowest BCUT2D eigenvalue weighted by atomic mass is 10.1. The first-order valence-corrected chi connectivity index (χ1v) is 14.8. The highest BCUT2D eigenvalue weighted by molar-refractivity contribution is 5.88. The molecule has 3 aromatic carbocycles. The van der Waals surface area contributed by atoms with Crippen LogP contribution in [0.3, 0.4) is 0 Å². The molecular weight excluding hydrogens is 580 g/mol. The van der Waals surface area contributed by atoms with E-state index in [-0.39, 0.29) is 17.1 Å². The molecular formula is C35H40N8O3. The van der Waals surface area contributed by atoms with Gasteiger partial charge in [0.1, 0.15) is 29.1 Å². The molecule has 1 aromatic heterocycles. The van der Waals surface area contributed by atoms with Gasteiger partial charge < -0.3 is 25.6 Å². The molecule has 11 nitrogen and oxygen atoms in total. The molecule has 11 heteroatoms. The van der Waals surface area contributed by atoms with Crippen molar-refractivity contribution in [1.82, 2.24) is 14.5 Å². The molecule has 1 aliphatic rings. The molecule has 1 fully saturated rings. The molecule has 0 radical (unpaired) electrons. The van der Waals surface area contributed by atoms with Crippen molar-refractivity contribution in [2.75, 3.05) is 57.6 Å². The van der Waals surface area contributed by atoms with E-state index in [1.807, 2.05) is 73.8 Å². The van der Waals surface area contributed by atoms with Crippen molar-refractivity contribution in [3.8, 4) is 22.7 Å². The van der Waals surface area contributed by atoms with Crippen LogP contribution in [0.15, 0.2) is 94.2 Å². The molecule has 4 aromatic rings. The van der Waals surface area contributed by atoms with Gasteiger partial charge in [-0.25, -0.2) is 9.98 Å². The highest BCUT2D eigenvalue weighted by Gasteiger charge is 2.20. The van der Waals surface area contributed by atoms with Crippen LogP contribution in [0, 0.1) is 6.92 Å². The standard InChI is InChI=1S/C32H36N8O2.C3H4O/c1-22-17-26(29(42-4)19-28(22)39-15-13-38(3)14-16-39)35-20-27-31(36-21-33)40(25-12-8-11-24(18-25)34-2)32(41)30(37-27)23-9-6-5-7-10-23;1-2-3-4/h5-12,17-21,34H,13-16H2,1-4H3,(H2,33,36);2-3H,1H2. The van der Waals surface area contributed by atoms with E-state index >= 15 is 0 Å². The van der Waals surface area contributed by atoms with Crippen LogP contribution in [0.2, 0.25) is 0 Å². The minimum atomic E-state index is -0.322. The highest BCUT2D eigenvalue weighted by atomic mass is 16.5. The summed E-state index contributed by atoms with van der Waals surface area (Å²) in [5.74, 6) is 0.914. The normalized spacial score (nSPS) is 13.3. The average molecular weight is 621 g/mol. The fourth-order valence-electron chi connectivity index (χ4n) is 5.09. The average Bonchev–Trinajstić information content (AvgIpc) is 3.09. The molecule has 3 N–H and O–H groups in total. The van der Waals surface area contributed by atoms with Crippen LogP contribution >= 0.6 is 0 Å². The quantitative estimate of drug-likeness (QED) is 0.119. The van der Waals surface area contributed by atoms with Crippen molar-refractivity contribution in [2.45, 2.75) is 6.92 Å². The Morgan fingerprint density at radius 2 is 1.74 bits per heavy atom. The number of carbonyl (C=O) groups excluding carboxylic acids is 1. The molecule has 238 valence electrons. The highest BCUT2D eigenvalue weighted by Crippen LogP contribution is 2.36. The van der Waals surface area contributed by atoms with Gasteiger partial charge in [-0.15, -0.1) is 0 Å². The van der Waals surface area contributed by atoms with E-state index in [4.69, 9.17) is 25.2 Å². The van der Waals surface area contributed by atoms with Crippen molar-refractivity contribution < 1.29 is 9.53 Å². The molecule has 0 saturated carbocycles. The van der Waals surface area contributed by atoms with Crippen molar-refractivity contribution in [3.63, 3.8) is 0 Å². The summed E-state index contributed by atoms with van der Waals surface area (Å²) in [6.45, 7) is 9.11. The molecule has 0 atom stereocenters. The van der Waals surface area contributed by atoms with E-state index in [1.165, 1.54) is 10.6 Å².